The number of rotatable bonds is 7. The van der Waals surface area contributed by atoms with Gasteiger partial charge in [-0.15, -0.1) is 0 Å². The van der Waals surface area contributed by atoms with Crippen molar-refractivity contribution in [2.75, 3.05) is 30.3 Å². The lowest BCUT2D eigenvalue weighted by molar-refractivity contribution is 0.0164. The van der Waals surface area contributed by atoms with Gasteiger partial charge in [0.05, 0.1) is 12.9 Å². The maximum Gasteiger partial charge on any atom is 0.410 e. The smallest absolute Gasteiger partial charge is 0.410 e. The van der Waals surface area contributed by atoms with Crippen LogP contribution in [0.5, 0.6) is 5.75 Å². The van der Waals surface area contributed by atoms with Crippen molar-refractivity contribution in [1.82, 2.24) is 14.9 Å². The SMILES string of the molecule is [B]c1ccc(C)c(NC(=O)c2[nH]cnc2C(=O)Nc2ccc(OCC3CCN(C(=O)OC(C)(C)C)CC3)cc2)c1. The second-order valence-electron chi connectivity index (χ2n) is 10.9. The maximum absolute atomic E-state index is 12.9. The van der Waals surface area contributed by atoms with Gasteiger partial charge in [-0.1, -0.05) is 17.6 Å². The average molecular weight is 543 g/mol. The van der Waals surface area contributed by atoms with Crippen LogP contribution in [0.4, 0.5) is 16.2 Å². The second-order valence-corrected chi connectivity index (χ2v) is 10.9. The number of hydrogen-bond acceptors (Lipinski definition) is 6. The van der Waals surface area contributed by atoms with Crippen molar-refractivity contribution in [3.63, 3.8) is 0 Å². The third-order valence-corrected chi connectivity index (χ3v) is 6.46. The highest BCUT2D eigenvalue weighted by molar-refractivity contribution is 6.32. The van der Waals surface area contributed by atoms with Gasteiger partial charge in [0.2, 0.25) is 0 Å². The van der Waals surface area contributed by atoms with Crippen LogP contribution in [-0.4, -0.2) is 65.9 Å². The fraction of sp³-hybridized carbons (Fsp3) is 0.379. The lowest BCUT2D eigenvalue weighted by atomic mass is 9.94. The van der Waals surface area contributed by atoms with Crippen LogP contribution in [0, 0.1) is 12.8 Å². The van der Waals surface area contributed by atoms with E-state index in [9.17, 15) is 14.4 Å². The zero-order valence-electron chi connectivity index (χ0n) is 23.2. The first-order chi connectivity index (χ1) is 19.0. The van der Waals surface area contributed by atoms with E-state index in [4.69, 9.17) is 17.3 Å². The molecule has 3 amide bonds. The van der Waals surface area contributed by atoms with E-state index in [0.29, 0.717) is 48.2 Å². The molecular weight excluding hydrogens is 509 g/mol. The number of likely N-dealkylation sites (tertiary alicyclic amines) is 1. The Morgan fingerprint density at radius 3 is 2.42 bits per heavy atom. The molecule has 1 aromatic heterocycles. The van der Waals surface area contributed by atoms with Gasteiger partial charge < -0.3 is 30.0 Å². The van der Waals surface area contributed by atoms with Gasteiger partial charge in [0.15, 0.2) is 5.69 Å². The van der Waals surface area contributed by atoms with Gasteiger partial charge in [-0.3, -0.25) is 9.59 Å². The van der Waals surface area contributed by atoms with Crippen LogP contribution >= 0.6 is 0 Å². The van der Waals surface area contributed by atoms with E-state index in [2.05, 4.69) is 20.6 Å². The zero-order valence-corrected chi connectivity index (χ0v) is 23.2. The minimum absolute atomic E-state index is 0.0305. The van der Waals surface area contributed by atoms with E-state index in [1.807, 2.05) is 27.7 Å². The van der Waals surface area contributed by atoms with Crippen LogP contribution in [0.2, 0.25) is 0 Å². The Bertz CT molecular complexity index is 1360. The van der Waals surface area contributed by atoms with Crippen molar-refractivity contribution < 1.29 is 23.9 Å². The van der Waals surface area contributed by atoms with Gasteiger partial charge in [-0.2, -0.15) is 0 Å². The van der Waals surface area contributed by atoms with Gasteiger partial charge >= 0.3 is 6.09 Å². The molecule has 0 aliphatic carbocycles. The first-order valence-corrected chi connectivity index (χ1v) is 13.2. The highest BCUT2D eigenvalue weighted by Gasteiger charge is 2.27. The first-order valence-electron chi connectivity index (χ1n) is 13.2. The predicted molar refractivity (Wildman–Crippen MR) is 154 cm³/mol. The minimum atomic E-state index is -0.527. The fourth-order valence-electron chi connectivity index (χ4n) is 4.25. The summed E-state index contributed by atoms with van der Waals surface area (Å²) in [6.45, 7) is 9.24. The number of H-pyrrole nitrogens is 1. The molecule has 0 spiro atoms. The van der Waals surface area contributed by atoms with E-state index in [-0.39, 0.29) is 17.5 Å². The fourth-order valence-corrected chi connectivity index (χ4v) is 4.25. The number of nitrogens with one attached hydrogen (secondary N) is 3. The molecule has 3 aromatic rings. The van der Waals surface area contributed by atoms with Gasteiger partial charge in [-0.25, -0.2) is 9.78 Å². The van der Waals surface area contributed by atoms with E-state index in [0.717, 1.165) is 18.4 Å². The summed E-state index contributed by atoms with van der Waals surface area (Å²) in [5.41, 5.74) is 1.93. The summed E-state index contributed by atoms with van der Waals surface area (Å²) in [7, 11) is 5.82. The molecule has 1 saturated heterocycles. The van der Waals surface area contributed by atoms with E-state index in [1.54, 1.807) is 47.4 Å². The van der Waals surface area contributed by atoms with E-state index < -0.39 is 17.4 Å². The summed E-state index contributed by atoms with van der Waals surface area (Å²) in [4.78, 5) is 46.5. The number of aromatic amines is 1. The molecule has 3 N–H and O–H groups in total. The number of benzene rings is 2. The molecule has 0 saturated carbocycles. The summed E-state index contributed by atoms with van der Waals surface area (Å²) < 4.78 is 11.4. The van der Waals surface area contributed by atoms with Gasteiger partial charge in [-0.05, 0) is 82.3 Å². The lowest BCUT2D eigenvalue weighted by Crippen LogP contribution is -2.42. The summed E-state index contributed by atoms with van der Waals surface area (Å²) in [5.74, 6) is -0.0264. The molecule has 1 aliphatic heterocycles. The molecule has 0 unspecified atom stereocenters. The molecule has 2 aromatic carbocycles. The molecule has 0 bridgehead atoms. The van der Waals surface area contributed by atoms with Gasteiger partial charge in [0.1, 0.15) is 24.9 Å². The van der Waals surface area contributed by atoms with Gasteiger partial charge in [0, 0.05) is 24.5 Å². The number of aromatic nitrogens is 2. The number of amides is 3. The normalized spacial score (nSPS) is 13.9. The molecule has 4 rings (SSSR count). The number of carbonyl (C=O) groups is 3. The molecule has 208 valence electrons. The first kappa shape index (κ1) is 28.7. The molecular formula is C29H34BN5O5. The van der Waals surface area contributed by atoms with Crippen LogP contribution in [0.1, 0.15) is 60.2 Å². The third-order valence-electron chi connectivity index (χ3n) is 6.46. The number of carbonyl (C=O) groups excluding carboxylic acids is 3. The second kappa shape index (κ2) is 12.3. The van der Waals surface area contributed by atoms with Crippen molar-refractivity contribution in [3.8, 4) is 5.75 Å². The number of ether oxygens (including phenoxy) is 2. The van der Waals surface area contributed by atoms with Crippen LogP contribution < -0.4 is 20.8 Å². The molecule has 0 atom stereocenters. The molecule has 11 heteroatoms. The highest BCUT2D eigenvalue weighted by Crippen LogP contribution is 2.23. The number of nitrogens with zero attached hydrogens (tertiary/aromatic N) is 2. The summed E-state index contributed by atoms with van der Waals surface area (Å²) in [6.07, 6.45) is 2.70. The largest absolute Gasteiger partial charge is 0.493 e. The number of anilines is 2. The third kappa shape index (κ3) is 7.65. The van der Waals surface area contributed by atoms with Crippen molar-refractivity contribution in [2.24, 2.45) is 5.92 Å². The Labute approximate surface area is 235 Å². The Morgan fingerprint density at radius 1 is 1.05 bits per heavy atom. The molecule has 2 radical (unpaired) electrons. The summed E-state index contributed by atoms with van der Waals surface area (Å²) in [5, 5.41) is 5.53. The van der Waals surface area contributed by atoms with Crippen LogP contribution in [0.3, 0.4) is 0 Å². The number of imidazole rings is 1. The highest BCUT2D eigenvalue weighted by atomic mass is 16.6. The molecule has 1 aliphatic rings. The average Bonchev–Trinajstić information content (AvgIpc) is 3.40. The van der Waals surface area contributed by atoms with Crippen molar-refractivity contribution in [3.05, 3.63) is 65.7 Å². The quantitative estimate of drug-likeness (QED) is 0.387. The predicted octanol–water partition coefficient (Wildman–Crippen LogP) is 4.04. The van der Waals surface area contributed by atoms with E-state index in [1.165, 1.54) is 6.33 Å². The Morgan fingerprint density at radius 2 is 1.75 bits per heavy atom. The van der Waals surface area contributed by atoms with Crippen LogP contribution in [0.15, 0.2) is 48.8 Å². The monoisotopic (exact) mass is 543 g/mol. The lowest BCUT2D eigenvalue weighted by Gasteiger charge is -2.33. The standard InChI is InChI=1S/C29H34BN5O5/c1-18-5-6-20(30)15-23(18)34-27(37)25-24(31-17-32-25)26(36)33-21-7-9-22(10-8-21)39-16-19-11-13-35(14-12-19)28(38)40-29(2,3)4/h5-10,15,17,19H,11-14,16H2,1-4H3,(H,31,32)(H,33,36)(H,34,37). The number of hydrogen-bond donors (Lipinski definition) is 3. The maximum atomic E-state index is 12.9. The summed E-state index contributed by atoms with van der Waals surface area (Å²) in [6, 6.07) is 12.2. The molecule has 40 heavy (non-hydrogen) atoms. The zero-order chi connectivity index (χ0) is 28.9. The minimum Gasteiger partial charge on any atom is -0.493 e. The van der Waals surface area contributed by atoms with E-state index >= 15 is 0 Å². The van der Waals surface area contributed by atoms with Crippen molar-refractivity contribution in [2.45, 2.75) is 46.1 Å². The van der Waals surface area contributed by atoms with Crippen LogP contribution in [0.25, 0.3) is 0 Å². The Hall–Kier alpha value is -4.28. The van der Waals surface area contributed by atoms with Crippen molar-refractivity contribution >= 4 is 42.6 Å². The molecule has 2 heterocycles. The molecule has 10 nitrogen and oxygen atoms in total. The van der Waals surface area contributed by atoms with Gasteiger partial charge in [0.25, 0.3) is 11.8 Å². The summed E-state index contributed by atoms with van der Waals surface area (Å²) >= 11 is 0. The number of piperidine rings is 1. The Kier molecular flexibility index (Phi) is 8.81. The molecule has 1 fully saturated rings. The number of aryl methyl sites for hydroxylation is 1. The topological polar surface area (TPSA) is 126 Å². The van der Waals surface area contributed by atoms with Crippen molar-refractivity contribution in [1.29, 1.82) is 0 Å². The Balaban J connectivity index is 1.26. The van der Waals surface area contributed by atoms with Crippen LogP contribution in [-0.2, 0) is 4.74 Å².